The molecule has 6 heteroatoms. The van der Waals surface area contributed by atoms with E-state index >= 15 is 0 Å². The molecule has 0 aliphatic rings. The number of nitrogens with zero attached hydrogens (tertiary/aromatic N) is 2. The Hall–Kier alpha value is -2.08. The summed E-state index contributed by atoms with van der Waals surface area (Å²) in [7, 11) is 2.01. The minimum Gasteiger partial charge on any atom is -0.375 e. The van der Waals surface area contributed by atoms with Crippen molar-refractivity contribution in [3.63, 3.8) is 0 Å². The first-order chi connectivity index (χ1) is 10.9. The number of carbonyl (C=O) groups is 1. The van der Waals surface area contributed by atoms with Crippen molar-refractivity contribution in [3.05, 3.63) is 44.5 Å². The topological polar surface area (TPSA) is 54.3 Å². The number of nitrogens with one attached hydrogen (secondary N) is 1. The number of amides is 1. The molecule has 124 valence electrons. The highest BCUT2D eigenvalue weighted by atomic mass is 32.1. The summed E-state index contributed by atoms with van der Waals surface area (Å²) in [5, 5.41) is 2.90. The van der Waals surface area contributed by atoms with Gasteiger partial charge in [-0.25, -0.2) is 0 Å². The molecule has 0 radical (unpaired) electrons. The van der Waals surface area contributed by atoms with Gasteiger partial charge in [-0.1, -0.05) is 17.4 Å². The van der Waals surface area contributed by atoms with E-state index in [1.165, 1.54) is 11.3 Å². The molecule has 1 N–H and O–H groups in total. The van der Waals surface area contributed by atoms with Crippen LogP contribution in [0.25, 0.3) is 0 Å². The van der Waals surface area contributed by atoms with E-state index in [-0.39, 0.29) is 17.2 Å². The number of hydrogen-bond donors (Lipinski definition) is 1. The van der Waals surface area contributed by atoms with Crippen LogP contribution in [0.4, 0.5) is 11.4 Å². The average Bonchev–Trinajstić information content (AvgIpc) is 2.77. The molecule has 0 saturated heterocycles. The van der Waals surface area contributed by atoms with Crippen LogP contribution in [0, 0.1) is 13.8 Å². The number of benzene rings is 1. The fraction of sp³-hybridized carbons (Fsp3) is 0.412. The summed E-state index contributed by atoms with van der Waals surface area (Å²) >= 11 is 1.23. The lowest BCUT2D eigenvalue weighted by molar-refractivity contribution is -0.116. The number of thiazole rings is 1. The van der Waals surface area contributed by atoms with Gasteiger partial charge in [-0.05, 0) is 39.0 Å². The van der Waals surface area contributed by atoms with E-state index in [9.17, 15) is 9.59 Å². The zero-order chi connectivity index (χ0) is 17.0. The van der Waals surface area contributed by atoms with Crippen molar-refractivity contribution in [3.8, 4) is 0 Å². The van der Waals surface area contributed by atoms with Crippen molar-refractivity contribution < 1.29 is 4.79 Å². The van der Waals surface area contributed by atoms with Gasteiger partial charge in [-0.15, -0.1) is 0 Å². The van der Waals surface area contributed by atoms with Crippen LogP contribution < -0.4 is 15.1 Å². The SMILES string of the molecule is CCN(C)c1cccc(NC(=O)CCn2c(C)c(C)sc2=O)c1. The smallest absolute Gasteiger partial charge is 0.307 e. The van der Waals surface area contributed by atoms with Gasteiger partial charge < -0.3 is 14.8 Å². The maximum Gasteiger partial charge on any atom is 0.307 e. The lowest BCUT2D eigenvalue weighted by Crippen LogP contribution is -2.20. The van der Waals surface area contributed by atoms with E-state index in [0.717, 1.165) is 28.5 Å². The highest BCUT2D eigenvalue weighted by molar-refractivity contribution is 7.09. The van der Waals surface area contributed by atoms with Gasteiger partial charge in [0.25, 0.3) is 0 Å². The summed E-state index contributed by atoms with van der Waals surface area (Å²) in [6, 6.07) is 7.76. The summed E-state index contributed by atoms with van der Waals surface area (Å²) in [6.07, 6.45) is 0.283. The zero-order valence-corrected chi connectivity index (χ0v) is 14.9. The molecule has 1 aromatic heterocycles. The number of carbonyl (C=O) groups excluding carboxylic acids is 1. The van der Waals surface area contributed by atoms with Gasteiger partial charge in [0, 0.05) is 48.5 Å². The van der Waals surface area contributed by atoms with Crippen molar-refractivity contribution in [2.24, 2.45) is 0 Å². The Bertz CT molecular complexity index is 749. The van der Waals surface area contributed by atoms with Crippen molar-refractivity contribution in [2.45, 2.75) is 33.7 Å². The predicted octanol–water partition coefficient (Wildman–Crippen LogP) is 3.01. The molecule has 0 bridgehead atoms. The second kappa shape index (κ2) is 7.46. The van der Waals surface area contributed by atoms with Crippen LogP contribution in [0.3, 0.4) is 0 Å². The predicted molar refractivity (Wildman–Crippen MR) is 96.7 cm³/mol. The molecule has 0 spiro atoms. The number of aromatic nitrogens is 1. The summed E-state index contributed by atoms with van der Waals surface area (Å²) in [5.74, 6) is -0.0866. The van der Waals surface area contributed by atoms with Crippen molar-refractivity contribution in [1.29, 1.82) is 0 Å². The maximum atomic E-state index is 12.1. The zero-order valence-electron chi connectivity index (χ0n) is 14.0. The average molecular weight is 333 g/mol. The monoisotopic (exact) mass is 333 g/mol. The molecule has 0 saturated carbocycles. The molecule has 5 nitrogen and oxygen atoms in total. The Balaban J connectivity index is 1.99. The van der Waals surface area contributed by atoms with Gasteiger partial charge in [0.2, 0.25) is 5.91 Å². The quantitative estimate of drug-likeness (QED) is 0.884. The molecular weight excluding hydrogens is 310 g/mol. The third kappa shape index (κ3) is 4.22. The van der Waals surface area contributed by atoms with E-state index in [1.54, 1.807) is 4.57 Å². The molecule has 1 aromatic carbocycles. The fourth-order valence-electron chi connectivity index (χ4n) is 2.29. The maximum absolute atomic E-state index is 12.1. The molecule has 0 unspecified atom stereocenters. The lowest BCUT2D eigenvalue weighted by Gasteiger charge is -2.17. The van der Waals surface area contributed by atoms with E-state index in [2.05, 4.69) is 17.1 Å². The largest absolute Gasteiger partial charge is 0.375 e. The number of rotatable bonds is 6. The van der Waals surface area contributed by atoms with E-state index in [0.29, 0.717) is 6.54 Å². The summed E-state index contributed by atoms with van der Waals surface area (Å²) in [6.45, 7) is 7.23. The van der Waals surface area contributed by atoms with E-state index < -0.39 is 0 Å². The molecule has 2 rings (SSSR count). The Labute approximate surface area is 140 Å². The first-order valence-corrected chi connectivity index (χ1v) is 8.52. The molecule has 0 atom stereocenters. The lowest BCUT2D eigenvalue weighted by atomic mass is 10.2. The van der Waals surface area contributed by atoms with Crippen LogP contribution in [0.5, 0.6) is 0 Å². The molecule has 23 heavy (non-hydrogen) atoms. The molecule has 0 aliphatic carbocycles. The normalized spacial score (nSPS) is 10.6. The Kier molecular flexibility index (Phi) is 5.60. The standard InChI is InChI=1S/C17H23N3O2S/c1-5-19(4)15-8-6-7-14(11-15)18-16(21)9-10-20-12(2)13(3)23-17(20)22/h6-8,11H,5,9-10H2,1-4H3,(H,18,21). The van der Waals surface area contributed by atoms with E-state index in [1.807, 2.05) is 45.2 Å². The Morgan fingerprint density at radius 3 is 2.70 bits per heavy atom. The summed E-state index contributed by atoms with van der Waals surface area (Å²) in [4.78, 5) is 27.1. The van der Waals surface area contributed by atoms with Crippen LogP contribution in [0.1, 0.15) is 23.9 Å². The molecule has 1 heterocycles. The molecule has 0 aliphatic heterocycles. The molecular formula is C17H23N3O2S. The van der Waals surface area contributed by atoms with Gasteiger partial charge in [-0.3, -0.25) is 9.59 Å². The Morgan fingerprint density at radius 2 is 2.09 bits per heavy atom. The van der Waals surface area contributed by atoms with Gasteiger partial charge in [-0.2, -0.15) is 0 Å². The van der Waals surface area contributed by atoms with Crippen LogP contribution in [0.15, 0.2) is 29.1 Å². The third-order valence-electron chi connectivity index (χ3n) is 3.98. The highest BCUT2D eigenvalue weighted by Gasteiger charge is 2.10. The van der Waals surface area contributed by atoms with Crippen LogP contribution in [-0.2, 0) is 11.3 Å². The van der Waals surface area contributed by atoms with E-state index in [4.69, 9.17) is 0 Å². The second-order valence-corrected chi connectivity index (χ2v) is 6.69. The van der Waals surface area contributed by atoms with Crippen LogP contribution >= 0.6 is 11.3 Å². The second-order valence-electron chi connectivity index (χ2n) is 5.52. The first kappa shape index (κ1) is 17.3. The summed E-state index contributed by atoms with van der Waals surface area (Å²) < 4.78 is 1.67. The van der Waals surface area contributed by atoms with Gasteiger partial charge in [0.15, 0.2) is 0 Å². The Morgan fingerprint density at radius 1 is 1.35 bits per heavy atom. The molecule has 2 aromatic rings. The van der Waals surface area contributed by atoms with Gasteiger partial charge >= 0.3 is 4.87 Å². The van der Waals surface area contributed by atoms with Gasteiger partial charge in [0.05, 0.1) is 0 Å². The van der Waals surface area contributed by atoms with Crippen LogP contribution in [0.2, 0.25) is 0 Å². The number of hydrogen-bond acceptors (Lipinski definition) is 4. The third-order valence-corrected chi connectivity index (χ3v) is 4.98. The summed E-state index contributed by atoms with van der Waals surface area (Å²) in [5.41, 5.74) is 2.78. The molecule has 1 amide bonds. The first-order valence-electron chi connectivity index (χ1n) is 7.70. The number of aryl methyl sites for hydroxylation is 1. The van der Waals surface area contributed by atoms with Crippen molar-refractivity contribution in [2.75, 3.05) is 23.8 Å². The minimum atomic E-state index is -0.0866. The minimum absolute atomic E-state index is 0.000585. The fourth-order valence-corrected chi connectivity index (χ4v) is 3.14. The highest BCUT2D eigenvalue weighted by Crippen LogP contribution is 2.18. The van der Waals surface area contributed by atoms with Crippen molar-refractivity contribution >= 4 is 28.6 Å². The van der Waals surface area contributed by atoms with Crippen LogP contribution in [-0.4, -0.2) is 24.1 Å². The molecule has 0 fully saturated rings. The van der Waals surface area contributed by atoms with Crippen molar-refractivity contribution in [1.82, 2.24) is 4.57 Å². The van der Waals surface area contributed by atoms with Gasteiger partial charge in [0.1, 0.15) is 0 Å². The number of anilines is 2.